The van der Waals surface area contributed by atoms with Gasteiger partial charge >= 0.3 is 0 Å². The highest BCUT2D eigenvalue weighted by Gasteiger charge is 2.16. The average molecular weight is 247 g/mol. The number of benzene rings is 1. The molecule has 0 atom stereocenters. The van der Waals surface area contributed by atoms with Crippen LogP contribution < -0.4 is 20.5 Å². The van der Waals surface area contributed by atoms with Crippen molar-refractivity contribution in [2.45, 2.75) is 0 Å². The summed E-state index contributed by atoms with van der Waals surface area (Å²) in [6, 6.07) is 5.04. The van der Waals surface area contributed by atoms with Gasteiger partial charge in [-0.25, -0.2) is 0 Å². The van der Waals surface area contributed by atoms with Crippen molar-refractivity contribution in [2.24, 2.45) is 0 Å². The lowest BCUT2D eigenvalue weighted by molar-refractivity contribution is 0.102. The predicted molar refractivity (Wildman–Crippen MR) is 61.4 cm³/mol. The fourth-order valence-electron chi connectivity index (χ4n) is 1.56. The van der Waals surface area contributed by atoms with Crippen molar-refractivity contribution in [2.75, 3.05) is 17.8 Å². The van der Waals surface area contributed by atoms with Gasteiger partial charge in [0.05, 0.1) is 0 Å². The van der Waals surface area contributed by atoms with Crippen molar-refractivity contribution >= 4 is 17.6 Å². The Kier molecular flexibility index (Phi) is 2.30. The minimum atomic E-state index is -0.408. The normalized spacial score (nSPS) is 12.4. The van der Waals surface area contributed by atoms with Crippen LogP contribution in [0.4, 0.5) is 11.7 Å². The maximum Gasteiger partial charge on any atom is 0.292 e. The Morgan fingerprint density at radius 2 is 2.17 bits per heavy atom. The van der Waals surface area contributed by atoms with Gasteiger partial charge in [-0.15, -0.1) is 0 Å². The van der Waals surface area contributed by atoms with Crippen LogP contribution in [0.15, 0.2) is 28.9 Å². The highest BCUT2D eigenvalue weighted by molar-refractivity contribution is 6.02. The number of ether oxygens (including phenoxy) is 2. The second-order valence-corrected chi connectivity index (χ2v) is 3.59. The second kappa shape index (κ2) is 3.95. The van der Waals surface area contributed by atoms with Crippen molar-refractivity contribution < 1.29 is 18.7 Å². The van der Waals surface area contributed by atoms with E-state index in [1.807, 2.05) is 0 Å². The molecule has 92 valence electrons. The van der Waals surface area contributed by atoms with E-state index in [2.05, 4.69) is 10.3 Å². The summed E-state index contributed by atoms with van der Waals surface area (Å²) >= 11 is 0. The lowest BCUT2D eigenvalue weighted by Gasteiger charge is -2.03. The Morgan fingerprint density at radius 1 is 1.33 bits per heavy atom. The molecule has 1 amide bonds. The number of nitrogens with one attached hydrogen (secondary N) is 1. The summed E-state index contributed by atoms with van der Waals surface area (Å²) in [6.07, 6.45) is 1.19. The van der Waals surface area contributed by atoms with Crippen LogP contribution in [-0.2, 0) is 0 Å². The molecule has 0 spiro atoms. The number of fused-ring (bicyclic) bond motifs is 1. The van der Waals surface area contributed by atoms with Crippen LogP contribution in [0.3, 0.4) is 0 Å². The summed E-state index contributed by atoms with van der Waals surface area (Å²) in [6.45, 7) is 0.187. The molecule has 18 heavy (non-hydrogen) atoms. The average Bonchev–Trinajstić information content (AvgIpc) is 2.96. The number of hydrogen-bond donors (Lipinski definition) is 2. The molecular weight excluding hydrogens is 238 g/mol. The number of nitrogens with zero attached hydrogens (tertiary/aromatic N) is 1. The number of carbonyl (C=O) groups is 1. The zero-order valence-corrected chi connectivity index (χ0v) is 9.17. The van der Waals surface area contributed by atoms with Gasteiger partial charge in [-0.1, -0.05) is 0 Å². The lowest BCUT2D eigenvalue weighted by atomic mass is 10.2. The molecule has 0 bridgehead atoms. The van der Waals surface area contributed by atoms with E-state index in [0.29, 0.717) is 17.2 Å². The van der Waals surface area contributed by atoms with Crippen molar-refractivity contribution in [3.63, 3.8) is 0 Å². The molecule has 1 aromatic carbocycles. The first kappa shape index (κ1) is 10.5. The lowest BCUT2D eigenvalue weighted by Crippen LogP contribution is -2.12. The number of anilines is 2. The van der Waals surface area contributed by atoms with Gasteiger partial charge in [0.25, 0.3) is 11.9 Å². The van der Waals surface area contributed by atoms with Gasteiger partial charge in [0.15, 0.2) is 17.2 Å². The number of rotatable bonds is 2. The van der Waals surface area contributed by atoms with Crippen LogP contribution >= 0.6 is 0 Å². The molecule has 1 aliphatic heterocycles. The predicted octanol–water partition coefficient (Wildman–Crippen LogP) is 1.24. The molecule has 0 fully saturated rings. The van der Waals surface area contributed by atoms with Crippen LogP contribution in [-0.4, -0.2) is 17.7 Å². The third kappa shape index (κ3) is 1.81. The van der Waals surface area contributed by atoms with E-state index in [0.717, 1.165) is 0 Å². The van der Waals surface area contributed by atoms with E-state index >= 15 is 0 Å². The highest BCUT2D eigenvalue weighted by atomic mass is 16.7. The minimum absolute atomic E-state index is 0.0502. The summed E-state index contributed by atoms with van der Waals surface area (Å²) in [7, 11) is 0. The summed E-state index contributed by atoms with van der Waals surface area (Å²) in [5.74, 6) is 0.834. The molecular formula is C11H9N3O4. The Hall–Kier alpha value is -2.70. The number of amides is 1. The Balaban J connectivity index is 1.78. The standard InChI is InChI=1S/C11H9N3O4/c12-11-14-7(4-16-11)10(15)13-6-1-2-8-9(3-6)18-5-17-8/h1-4H,5H2,(H2,12,14)(H,13,15). The van der Waals surface area contributed by atoms with Gasteiger partial charge < -0.3 is 24.9 Å². The molecule has 2 aromatic rings. The van der Waals surface area contributed by atoms with Gasteiger partial charge in [0.1, 0.15) is 6.26 Å². The molecule has 2 heterocycles. The molecule has 3 N–H and O–H groups in total. The Labute approximate surface area is 102 Å². The molecule has 3 rings (SSSR count). The monoisotopic (exact) mass is 247 g/mol. The maximum atomic E-state index is 11.8. The van der Waals surface area contributed by atoms with Gasteiger partial charge in [0, 0.05) is 11.8 Å². The molecule has 0 radical (unpaired) electrons. The molecule has 7 heteroatoms. The smallest absolute Gasteiger partial charge is 0.292 e. The van der Waals surface area contributed by atoms with E-state index in [9.17, 15) is 4.79 Å². The molecule has 7 nitrogen and oxygen atoms in total. The van der Waals surface area contributed by atoms with Crippen molar-refractivity contribution in [3.8, 4) is 11.5 Å². The third-order valence-electron chi connectivity index (χ3n) is 2.39. The molecule has 1 aromatic heterocycles. The van der Waals surface area contributed by atoms with E-state index in [1.165, 1.54) is 6.26 Å². The van der Waals surface area contributed by atoms with Crippen molar-refractivity contribution in [3.05, 3.63) is 30.2 Å². The third-order valence-corrected chi connectivity index (χ3v) is 2.39. The zero-order chi connectivity index (χ0) is 12.5. The molecule has 0 saturated carbocycles. The number of oxazole rings is 1. The van der Waals surface area contributed by atoms with Crippen LogP contribution in [0, 0.1) is 0 Å². The second-order valence-electron chi connectivity index (χ2n) is 3.59. The number of carbonyl (C=O) groups excluding carboxylic acids is 1. The quantitative estimate of drug-likeness (QED) is 0.828. The number of aromatic nitrogens is 1. The highest BCUT2D eigenvalue weighted by Crippen LogP contribution is 2.34. The maximum absolute atomic E-state index is 11.8. The topological polar surface area (TPSA) is 99.6 Å². The molecule has 0 unspecified atom stereocenters. The molecule has 0 aliphatic carbocycles. The summed E-state index contributed by atoms with van der Waals surface area (Å²) in [4.78, 5) is 15.5. The minimum Gasteiger partial charge on any atom is -0.454 e. The SMILES string of the molecule is Nc1nc(C(=O)Nc2ccc3c(c2)OCO3)co1. The first-order chi connectivity index (χ1) is 8.72. The van der Waals surface area contributed by atoms with Crippen LogP contribution in [0.1, 0.15) is 10.5 Å². The van der Waals surface area contributed by atoms with Crippen molar-refractivity contribution in [1.82, 2.24) is 4.98 Å². The Morgan fingerprint density at radius 3 is 2.94 bits per heavy atom. The number of nitrogen functional groups attached to an aromatic ring is 1. The van der Waals surface area contributed by atoms with Crippen molar-refractivity contribution in [1.29, 1.82) is 0 Å². The fourth-order valence-corrected chi connectivity index (χ4v) is 1.56. The first-order valence-electron chi connectivity index (χ1n) is 5.14. The van der Waals surface area contributed by atoms with Gasteiger partial charge in [0.2, 0.25) is 6.79 Å². The first-order valence-corrected chi connectivity index (χ1v) is 5.14. The zero-order valence-electron chi connectivity index (χ0n) is 9.17. The number of hydrogen-bond acceptors (Lipinski definition) is 6. The Bertz CT molecular complexity index is 608. The molecule has 0 saturated heterocycles. The van der Waals surface area contributed by atoms with Crippen LogP contribution in [0.5, 0.6) is 11.5 Å². The van der Waals surface area contributed by atoms with Gasteiger partial charge in [-0.2, -0.15) is 4.98 Å². The largest absolute Gasteiger partial charge is 0.454 e. The van der Waals surface area contributed by atoms with Crippen LogP contribution in [0.2, 0.25) is 0 Å². The van der Waals surface area contributed by atoms with E-state index in [-0.39, 0.29) is 18.5 Å². The van der Waals surface area contributed by atoms with E-state index in [1.54, 1.807) is 18.2 Å². The van der Waals surface area contributed by atoms with Gasteiger partial charge in [-0.3, -0.25) is 4.79 Å². The summed E-state index contributed by atoms with van der Waals surface area (Å²) in [5.41, 5.74) is 5.98. The summed E-state index contributed by atoms with van der Waals surface area (Å²) < 4.78 is 15.1. The van der Waals surface area contributed by atoms with Crippen LogP contribution in [0.25, 0.3) is 0 Å². The fraction of sp³-hybridized carbons (Fsp3) is 0.0909. The number of nitrogens with two attached hydrogens (primary N) is 1. The van der Waals surface area contributed by atoms with E-state index < -0.39 is 5.91 Å². The summed E-state index contributed by atoms with van der Waals surface area (Å²) in [5, 5.41) is 2.65. The van der Waals surface area contributed by atoms with Gasteiger partial charge in [-0.05, 0) is 12.1 Å². The molecule has 1 aliphatic rings. The van der Waals surface area contributed by atoms with E-state index in [4.69, 9.17) is 19.6 Å².